The van der Waals surface area contributed by atoms with E-state index in [9.17, 15) is 9.36 Å². The van der Waals surface area contributed by atoms with Crippen LogP contribution in [0, 0.1) is 11.3 Å². The second-order valence-corrected chi connectivity index (χ2v) is 8.19. The molecule has 7 nitrogen and oxygen atoms in total. The molecular weight excluding hydrogens is 429 g/mol. The normalized spacial score (nSPS) is 11.5. The minimum Gasteiger partial charge on any atom is -0.477 e. The van der Waals surface area contributed by atoms with Crippen molar-refractivity contribution in [1.29, 1.82) is 5.26 Å². The van der Waals surface area contributed by atoms with Crippen molar-refractivity contribution in [3.05, 3.63) is 107 Å². The predicted octanol–water partition coefficient (Wildman–Crippen LogP) is 5.60. The zero-order chi connectivity index (χ0) is 22.8. The topological polar surface area (TPSA) is 106 Å². The number of phosphoric ester groups is 1. The van der Waals surface area contributed by atoms with Gasteiger partial charge in [-0.05, 0) is 34.9 Å². The minimum absolute atomic E-state index is 0.0257. The molecule has 3 rings (SSSR count). The van der Waals surface area contributed by atoms with E-state index in [0.717, 1.165) is 11.1 Å². The first-order chi connectivity index (χ1) is 15.5. The maximum absolute atomic E-state index is 13.3. The Hall–Kier alpha value is -3.69. The maximum Gasteiger partial charge on any atom is 0.530 e. The first-order valence-corrected chi connectivity index (χ1v) is 11.1. The third-order valence-electron chi connectivity index (χ3n) is 4.22. The summed E-state index contributed by atoms with van der Waals surface area (Å²) in [5.41, 5.74) is 1.68. The molecule has 0 bridgehead atoms. The number of phosphoric acid groups is 1. The fourth-order valence-electron chi connectivity index (χ4n) is 2.61. The summed E-state index contributed by atoms with van der Waals surface area (Å²) < 4.78 is 30.0. The van der Waals surface area contributed by atoms with Gasteiger partial charge in [0, 0.05) is 0 Å². The van der Waals surface area contributed by atoms with E-state index in [1.54, 1.807) is 6.07 Å². The van der Waals surface area contributed by atoms with Crippen molar-refractivity contribution in [2.45, 2.75) is 13.2 Å². The third-order valence-corrected chi connectivity index (χ3v) is 5.55. The molecule has 0 spiro atoms. The van der Waals surface area contributed by atoms with Crippen LogP contribution in [0.3, 0.4) is 0 Å². The number of nitriles is 1. The Balaban J connectivity index is 1.75. The lowest BCUT2D eigenvalue weighted by atomic mass is 10.1. The quantitative estimate of drug-likeness (QED) is 0.244. The number of carboxylic acids is 1. The molecule has 0 heterocycles. The van der Waals surface area contributed by atoms with Crippen LogP contribution in [0.25, 0.3) is 6.08 Å². The number of benzene rings is 3. The molecule has 1 N–H and O–H groups in total. The Morgan fingerprint density at radius 2 is 1.38 bits per heavy atom. The summed E-state index contributed by atoms with van der Waals surface area (Å²) in [4.78, 5) is 11.0. The van der Waals surface area contributed by atoms with E-state index in [2.05, 4.69) is 0 Å². The van der Waals surface area contributed by atoms with Crippen LogP contribution in [0.4, 0.5) is 0 Å². The van der Waals surface area contributed by atoms with Crippen LogP contribution in [0.1, 0.15) is 16.7 Å². The summed E-state index contributed by atoms with van der Waals surface area (Å²) in [5.74, 6) is -1.11. The van der Waals surface area contributed by atoms with Crippen LogP contribution in [0.5, 0.6) is 5.75 Å². The number of hydrogen-bond donors (Lipinski definition) is 1. The molecule has 0 aliphatic heterocycles. The molecule has 0 radical (unpaired) electrons. The number of carbonyl (C=O) groups is 1. The van der Waals surface area contributed by atoms with Gasteiger partial charge in [-0.2, -0.15) is 5.26 Å². The molecule has 0 unspecified atom stereocenters. The van der Waals surface area contributed by atoms with Gasteiger partial charge in [0.1, 0.15) is 17.4 Å². The zero-order valence-electron chi connectivity index (χ0n) is 17.0. The summed E-state index contributed by atoms with van der Waals surface area (Å²) in [5, 5.41) is 17.8. The molecule has 0 saturated heterocycles. The second kappa shape index (κ2) is 11.1. The molecule has 0 fully saturated rings. The maximum atomic E-state index is 13.3. The smallest absolute Gasteiger partial charge is 0.477 e. The number of nitrogens with zero attached hydrogens (tertiary/aromatic N) is 1. The summed E-state index contributed by atoms with van der Waals surface area (Å²) in [6, 6.07) is 26.1. The number of hydrogen-bond acceptors (Lipinski definition) is 6. The van der Waals surface area contributed by atoms with Crippen LogP contribution in [-0.2, 0) is 31.6 Å². The van der Waals surface area contributed by atoms with E-state index in [-0.39, 0.29) is 19.0 Å². The van der Waals surface area contributed by atoms with Gasteiger partial charge in [0.15, 0.2) is 0 Å². The molecule has 162 valence electrons. The van der Waals surface area contributed by atoms with E-state index in [1.165, 1.54) is 30.3 Å². The lowest BCUT2D eigenvalue weighted by Gasteiger charge is -2.19. The van der Waals surface area contributed by atoms with Crippen molar-refractivity contribution >= 4 is 19.9 Å². The van der Waals surface area contributed by atoms with Gasteiger partial charge in [0.25, 0.3) is 0 Å². The SMILES string of the molecule is N#C/C(=C\c1ccc(OP(=O)(OCc2ccccc2)OCc2ccccc2)cc1)C(=O)O. The monoisotopic (exact) mass is 449 g/mol. The Labute approximate surface area is 185 Å². The lowest BCUT2D eigenvalue weighted by molar-refractivity contribution is -0.132. The Morgan fingerprint density at radius 3 is 1.81 bits per heavy atom. The molecular formula is C24H20NO6P. The van der Waals surface area contributed by atoms with Crippen LogP contribution < -0.4 is 4.52 Å². The molecule has 32 heavy (non-hydrogen) atoms. The highest BCUT2D eigenvalue weighted by Crippen LogP contribution is 2.51. The van der Waals surface area contributed by atoms with Crippen LogP contribution >= 0.6 is 7.82 Å². The zero-order valence-corrected chi connectivity index (χ0v) is 17.9. The summed E-state index contributed by atoms with van der Waals surface area (Å²) in [7, 11) is -4.00. The van der Waals surface area contributed by atoms with Crippen molar-refractivity contribution < 1.29 is 28.0 Å². The number of carboxylic acid groups (broad SMARTS) is 1. The third kappa shape index (κ3) is 6.93. The van der Waals surface area contributed by atoms with E-state index in [1.807, 2.05) is 60.7 Å². The lowest BCUT2D eigenvalue weighted by Crippen LogP contribution is -2.03. The molecule has 0 aromatic heterocycles. The van der Waals surface area contributed by atoms with Crippen molar-refractivity contribution in [1.82, 2.24) is 0 Å². The Bertz CT molecular complexity index is 1110. The summed E-state index contributed by atoms with van der Waals surface area (Å²) in [6.07, 6.45) is 1.23. The molecule has 3 aromatic rings. The molecule has 8 heteroatoms. The van der Waals surface area contributed by atoms with Gasteiger partial charge in [-0.25, -0.2) is 9.36 Å². The van der Waals surface area contributed by atoms with Crippen LogP contribution in [0.2, 0.25) is 0 Å². The van der Waals surface area contributed by atoms with Gasteiger partial charge in [-0.1, -0.05) is 72.8 Å². The molecule has 0 saturated carbocycles. The average Bonchev–Trinajstić information content (AvgIpc) is 2.82. The van der Waals surface area contributed by atoms with Gasteiger partial charge in [-0.15, -0.1) is 0 Å². The van der Waals surface area contributed by atoms with Gasteiger partial charge in [0.2, 0.25) is 0 Å². The highest BCUT2D eigenvalue weighted by atomic mass is 31.2. The standard InChI is InChI=1S/C24H20NO6P/c25-16-22(24(26)27)15-19-11-13-23(14-12-19)31-32(28,29-17-20-7-3-1-4-8-20)30-18-21-9-5-2-6-10-21/h1-15H,17-18H2,(H,26,27)/b22-15+. The van der Waals surface area contributed by atoms with Crippen LogP contribution in [0.15, 0.2) is 90.5 Å². The average molecular weight is 449 g/mol. The highest BCUT2D eigenvalue weighted by Gasteiger charge is 2.29. The van der Waals surface area contributed by atoms with E-state index >= 15 is 0 Å². The van der Waals surface area contributed by atoms with Gasteiger partial charge in [-0.3, -0.25) is 9.05 Å². The Morgan fingerprint density at radius 1 is 0.875 bits per heavy atom. The summed E-state index contributed by atoms with van der Waals surface area (Å²) in [6.45, 7) is 0.0513. The van der Waals surface area contributed by atoms with E-state index < -0.39 is 19.4 Å². The van der Waals surface area contributed by atoms with Gasteiger partial charge >= 0.3 is 13.8 Å². The Kier molecular flexibility index (Phi) is 7.96. The summed E-state index contributed by atoms with van der Waals surface area (Å²) >= 11 is 0. The minimum atomic E-state index is -4.00. The fourth-order valence-corrected chi connectivity index (χ4v) is 3.78. The molecule has 3 aromatic carbocycles. The number of aliphatic carboxylic acids is 1. The highest BCUT2D eigenvalue weighted by molar-refractivity contribution is 7.48. The van der Waals surface area contributed by atoms with E-state index in [0.29, 0.717) is 5.56 Å². The van der Waals surface area contributed by atoms with Crippen LogP contribution in [-0.4, -0.2) is 11.1 Å². The largest absolute Gasteiger partial charge is 0.530 e. The fraction of sp³-hybridized carbons (Fsp3) is 0.0833. The molecule has 0 amide bonds. The van der Waals surface area contributed by atoms with Crippen molar-refractivity contribution in [3.63, 3.8) is 0 Å². The van der Waals surface area contributed by atoms with Gasteiger partial charge in [0.05, 0.1) is 13.2 Å². The van der Waals surface area contributed by atoms with E-state index in [4.69, 9.17) is 23.9 Å². The first kappa shape index (κ1) is 23.0. The number of rotatable bonds is 10. The van der Waals surface area contributed by atoms with Gasteiger partial charge < -0.3 is 9.63 Å². The molecule has 0 aliphatic rings. The van der Waals surface area contributed by atoms with Crippen molar-refractivity contribution in [2.24, 2.45) is 0 Å². The second-order valence-electron chi connectivity index (χ2n) is 6.60. The first-order valence-electron chi connectivity index (χ1n) is 9.59. The predicted molar refractivity (Wildman–Crippen MR) is 118 cm³/mol. The van der Waals surface area contributed by atoms with Crippen molar-refractivity contribution in [3.8, 4) is 11.8 Å². The molecule has 0 atom stereocenters. The molecule has 0 aliphatic carbocycles. The van der Waals surface area contributed by atoms with Crippen molar-refractivity contribution in [2.75, 3.05) is 0 Å².